The van der Waals surface area contributed by atoms with Gasteiger partial charge in [0.25, 0.3) is 0 Å². The molecule has 0 aliphatic heterocycles. The van der Waals surface area contributed by atoms with Crippen LogP contribution in [0, 0.1) is 13.8 Å². The van der Waals surface area contributed by atoms with Crippen molar-refractivity contribution in [2.24, 2.45) is 0 Å². The van der Waals surface area contributed by atoms with Crippen LogP contribution >= 0.6 is 11.8 Å². The van der Waals surface area contributed by atoms with Gasteiger partial charge >= 0.3 is 47.6 Å². The monoisotopic (exact) mass is 614 g/mol. The zero-order chi connectivity index (χ0) is 30.6. The molecule has 38 heavy (non-hydrogen) atoms. The van der Waals surface area contributed by atoms with Crippen LogP contribution in [0.1, 0.15) is 23.1 Å². The van der Waals surface area contributed by atoms with Crippen molar-refractivity contribution in [1.82, 2.24) is 0 Å². The second-order valence-electron chi connectivity index (χ2n) is 8.04. The molecule has 222 valence electrons. The van der Waals surface area contributed by atoms with E-state index < -0.39 is 65.6 Å². The zero-order valence-electron chi connectivity index (χ0n) is 18.6. The molecule has 19 heteroatoms. The van der Waals surface area contributed by atoms with Gasteiger partial charge in [-0.3, -0.25) is 0 Å². The average molecular weight is 614 g/mol. The lowest BCUT2D eigenvalue weighted by molar-refractivity contribution is -0.461. The third-order valence-electron chi connectivity index (χ3n) is 5.13. The molecule has 1 rings (SSSR count). The van der Waals surface area contributed by atoms with Crippen molar-refractivity contribution in [2.45, 2.75) is 73.7 Å². The minimum absolute atomic E-state index is 0.0203. The number of alkyl halides is 17. The van der Waals surface area contributed by atoms with E-state index in [2.05, 4.69) is 0 Å². The Morgan fingerprint density at radius 1 is 0.605 bits per heavy atom. The standard InChI is InChI=1S/C19H15F17OS/c1-8-5-9(2)11(37)10(6-8)7-38-4-3-12(20,21)13(22,23)14(24,25)15(26,27)16(28,29)17(30,31)18(32,33)19(34,35)36/h5-6,37H,3-4,7H2,1-2H3. The smallest absolute Gasteiger partial charge is 0.460 e. The molecule has 0 spiro atoms. The summed E-state index contributed by atoms with van der Waals surface area (Å²) >= 11 is 0.217. The second-order valence-corrected chi connectivity index (χ2v) is 9.15. The van der Waals surface area contributed by atoms with E-state index in [-0.39, 0.29) is 28.6 Å². The van der Waals surface area contributed by atoms with Gasteiger partial charge in [0, 0.05) is 17.7 Å². The van der Waals surface area contributed by atoms with Gasteiger partial charge in [-0.2, -0.15) is 86.4 Å². The van der Waals surface area contributed by atoms with Crippen LogP contribution in [0.25, 0.3) is 0 Å². The van der Waals surface area contributed by atoms with Gasteiger partial charge in [0.15, 0.2) is 0 Å². The molecule has 1 N–H and O–H groups in total. The van der Waals surface area contributed by atoms with E-state index in [1.807, 2.05) is 0 Å². The first-order valence-electron chi connectivity index (χ1n) is 9.63. The topological polar surface area (TPSA) is 20.2 Å². The molecule has 0 aliphatic rings. The highest BCUT2D eigenvalue weighted by atomic mass is 32.2. The number of phenols is 1. The van der Waals surface area contributed by atoms with Gasteiger partial charge in [0.1, 0.15) is 5.75 Å². The number of phenolic OH excluding ortho intramolecular Hbond substituents is 1. The minimum atomic E-state index is -8.63. The second kappa shape index (κ2) is 9.98. The molecular weight excluding hydrogens is 599 g/mol. The predicted octanol–water partition coefficient (Wildman–Crippen LogP) is 8.64. The Morgan fingerprint density at radius 3 is 1.42 bits per heavy atom. The molecule has 0 unspecified atom stereocenters. The Hall–Kier alpha value is -1.82. The third-order valence-corrected chi connectivity index (χ3v) is 6.14. The van der Waals surface area contributed by atoms with Crippen molar-refractivity contribution in [1.29, 1.82) is 0 Å². The van der Waals surface area contributed by atoms with E-state index in [1.54, 1.807) is 0 Å². The van der Waals surface area contributed by atoms with Gasteiger partial charge in [0.05, 0.1) is 0 Å². The summed E-state index contributed by atoms with van der Waals surface area (Å²) < 4.78 is 225. The van der Waals surface area contributed by atoms with Crippen LogP contribution in [-0.4, -0.2) is 58.5 Å². The van der Waals surface area contributed by atoms with E-state index in [0.717, 1.165) is 0 Å². The van der Waals surface area contributed by atoms with Crippen LogP contribution in [-0.2, 0) is 5.75 Å². The van der Waals surface area contributed by atoms with Gasteiger partial charge in [0.2, 0.25) is 0 Å². The molecule has 0 aliphatic carbocycles. The average Bonchev–Trinajstić information content (AvgIpc) is 2.72. The normalized spacial score (nSPS) is 15.2. The molecule has 1 nitrogen and oxygen atoms in total. The maximum atomic E-state index is 13.9. The summed E-state index contributed by atoms with van der Waals surface area (Å²) in [6.45, 7) is 2.92. The molecular formula is C19H15F17OS. The first kappa shape index (κ1) is 34.2. The van der Waals surface area contributed by atoms with Crippen molar-refractivity contribution in [2.75, 3.05) is 5.75 Å². The molecule has 0 heterocycles. The fourth-order valence-electron chi connectivity index (χ4n) is 2.89. The summed E-state index contributed by atoms with van der Waals surface area (Å²) in [5.41, 5.74) is 0.809. The lowest BCUT2D eigenvalue weighted by Crippen LogP contribution is -2.74. The molecule has 0 bridgehead atoms. The Labute approximate surface area is 206 Å². The Bertz CT molecular complexity index is 1000. The largest absolute Gasteiger partial charge is 0.507 e. The van der Waals surface area contributed by atoms with E-state index >= 15 is 0 Å². The number of benzene rings is 1. The third kappa shape index (κ3) is 5.19. The summed E-state index contributed by atoms with van der Waals surface area (Å²) in [5, 5.41) is 9.84. The van der Waals surface area contributed by atoms with Crippen LogP contribution in [0.3, 0.4) is 0 Å². The van der Waals surface area contributed by atoms with Gasteiger partial charge in [-0.15, -0.1) is 0 Å². The van der Waals surface area contributed by atoms with Crippen LogP contribution in [0.15, 0.2) is 12.1 Å². The number of thioether (sulfide) groups is 1. The molecule has 0 radical (unpaired) electrons. The maximum absolute atomic E-state index is 13.9. The van der Waals surface area contributed by atoms with E-state index in [0.29, 0.717) is 5.56 Å². The van der Waals surface area contributed by atoms with E-state index in [4.69, 9.17) is 0 Å². The van der Waals surface area contributed by atoms with Gasteiger partial charge in [-0.1, -0.05) is 17.7 Å². The molecule has 0 aromatic heterocycles. The lowest BCUT2D eigenvalue weighted by Gasteiger charge is -2.42. The molecule has 1 aromatic carbocycles. The highest BCUT2D eigenvalue weighted by molar-refractivity contribution is 7.98. The summed E-state index contributed by atoms with van der Waals surface area (Å²) in [7, 11) is 0. The minimum Gasteiger partial charge on any atom is -0.507 e. The van der Waals surface area contributed by atoms with Crippen molar-refractivity contribution in [3.8, 4) is 5.75 Å². The summed E-state index contributed by atoms with van der Waals surface area (Å²) in [5.74, 6) is -58.4. The summed E-state index contributed by atoms with van der Waals surface area (Å²) in [6.07, 6.45) is -10.3. The number of aryl methyl sites for hydroxylation is 2. The zero-order valence-corrected chi connectivity index (χ0v) is 19.4. The summed E-state index contributed by atoms with van der Waals surface area (Å²) in [4.78, 5) is 0. The molecule has 0 saturated carbocycles. The molecule has 0 fully saturated rings. The number of halogens is 17. The van der Waals surface area contributed by atoms with Gasteiger partial charge in [-0.25, -0.2) is 0 Å². The quantitative estimate of drug-likeness (QED) is 0.199. The van der Waals surface area contributed by atoms with Gasteiger partial charge in [-0.05, 0) is 25.2 Å². The number of hydrogen-bond donors (Lipinski definition) is 1. The Kier molecular flexibility index (Phi) is 8.98. The highest BCUT2D eigenvalue weighted by Crippen LogP contribution is 2.64. The van der Waals surface area contributed by atoms with Crippen molar-refractivity contribution in [3.63, 3.8) is 0 Å². The first-order valence-corrected chi connectivity index (χ1v) is 10.8. The SMILES string of the molecule is Cc1cc(C)c(O)c(CSCCC(F)(F)C(F)(F)C(F)(F)C(F)(F)C(F)(F)C(F)(F)C(F)(F)C(F)(F)F)c1. The molecule has 0 amide bonds. The Morgan fingerprint density at radius 2 is 1.00 bits per heavy atom. The number of rotatable bonds is 11. The first-order chi connectivity index (χ1) is 16.5. The highest BCUT2D eigenvalue weighted by Gasteiger charge is 2.95. The molecule has 0 saturated heterocycles. The van der Waals surface area contributed by atoms with Crippen molar-refractivity contribution < 1.29 is 79.7 Å². The maximum Gasteiger partial charge on any atom is 0.460 e. The van der Waals surface area contributed by atoms with Crippen LogP contribution < -0.4 is 0 Å². The Balaban J connectivity index is 3.26. The molecule has 0 atom stereocenters. The van der Waals surface area contributed by atoms with Crippen LogP contribution in [0.5, 0.6) is 5.75 Å². The number of aromatic hydroxyl groups is 1. The molecule has 1 aromatic rings. The van der Waals surface area contributed by atoms with Crippen molar-refractivity contribution in [3.05, 3.63) is 28.8 Å². The fraction of sp³-hybridized carbons (Fsp3) is 0.684. The number of hydrogen-bond acceptors (Lipinski definition) is 2. The van der Waals surface area contributed by atoms with Crippen LogP contribution in [0.4, 0.5) is 74.6 Å². The van der Waals surface area contributed by atoms with E-state index in [1.165, 1.54) is 26.0 Å². The van der Waals surface area contributed by atoms with E-state index in [9.17, 15) is 79.7 Å². The van der Waals surface area contributed by atoms with Crippen molar-refractivity contribution >= 4 is 11.8 Å². The lowest BCUT2D eigenvalue weighted by atomic mass is 9.88. The fourth-order valence-corrected chi connectivity index (χ4v) is 3.88. The van der Waals surface area contributed by atoms with Crippen LogP contribution in [0.2, 0.25) is 0 Å². The van der Waals surface area contributed by atoms with Gasteiger partial charge < -0.3 is 5.11 Å². The summed E-state index contributed by atoms with van der Waals surface area (Å²) in [6, 6.07) is 2.75. The predicted molar refractivity (Wildman–Crippen MR) is 99.0 cm³/mol.